The van der Waals surface area contributed by atoms with Gasteiger partial charge in [0.25, 0.3) is 0 Å². The molecule has 1 N–H and O–H groups in total. The molecule has 0 unspecified atom stereocenters. The summed E-state index contributed by atoms with van der Waals surface area (Å²) in [5, 5.41) is 0. The fourth-order valence-corrected chi connectivity index (χ4v) is 1.13. The molecule has 0 radical (unpaired) electrons. The molecule has 2 rings (SSSR count). The van der Waals surface area contributed by atoms with E-state index in [0.29, 0.717) is 0 Å². The minimum Gasteiger partial charge on any atom is -0.358 e. The van der Waals surface area contributed by atoms with Gasteiger partial charge in [-0.25, -0.2) is 9.97 Å². The van der Waals surface area contributed by atoms with Crippen molar-refractivity contribution in [3.05, 3.63) is 23.8 Å². The molecule has 2 aromatic heterocycles. The summed E-state index contributed by atoms with van der Waals surface area (Å²) in [5.74, 6) is 0.820. The van der Waals surface area contributed by atoms with Crippen molar-refractivity contribution in [1.29, 1.82) is 0 Å². The first-order valence-corrected chi connectivity index (χ1v) is 5.55. The molecule has 0 aliphatic rings. The Labute approximate surface area is 93.4 Å². The van der Waals surface area contributed by atoms with Crippen molar-refractivity contribution in [3.63, 3.8) is 0 Å². The molecule has 0 fully saturated rings. The molecule has 0 aliphatic carbocycles. The van der Waals surface area contributed by atoms with Gasteiger partial charge in [0.15, 0.2) is 0 Å². The summed E-state index contributed by atoms with van der Waals surface area (Å²) < 4.78 is 0. The van der Waals surface area contributed by atoms with E-state index in [4.69, 9.17) is 0 Å². The molecule has 0 aromatic carbocycles. The lowest BCUT2D eigenvalue weighted by atomic mass is 10.3. The van der Waals surface area contributed by atoms with Crippen LogP contribution in [0, 0.1) is 13.8 Å². The predicted octanol–water partition coefficient (Wildman–Crippen LogP) is 3.87. The monoisotopic (exact) mass is 209 g/mol. The molecule has 0 saturated carbocycles. The van der Waals surface area contributed by atoms with Crippen LogP contribution in [0.15, 0.2) is 12.4 Å². The Kier molecular flexibility index (Phi) is 6.34. The zero-order valence-electron chi connectivity index (χ0n) is 10.5. The zero-order valence-corrected chi connectivity index (χ0v) is 10.5. The average Bonchev–Trinajstić information content (AvgIpc) is 2.66. The first-order chi connectivity index (χ1) is 7.27. The molecule has 0 atom stereocenters. The van der Waals surface area contributed by atoms with Crippen molar-refractivity contribution in [2.75, 3.05) is 0 Å². The lowest BCUT2D eigenvalue weighted by Crippen LogP contribution is -1.85. The number of hydrogen-bond donors (Lipinski definition) is 1. The van der Waals surface area contributed by atoms with Crippen LogP contribution in [0.25, 0.3) is 11.0 Å². The highest BCUT2D eigenvalue weighted by Crippen LogP contribution is 2.12. The minimum absolute atomic E-state index is 0. The summed E-state index contributed by atoms with van der Waals surface area (Å²) in [5.41, 5.74) is 3.20. The number of hydrogen-bond acceptors (Lipinski definition) is 2. The number of H-pyrrole nitrogens is 1. The Morgan fingerprint density at radius 2 is 1.73 bits per heavy atom. The second kappa shape index (κ2) is 6.98. The number of aryl methyl sites for hydroxylation is 2. The van der Waals surface area contributed by atoms with Crippen molar-refractivity contribution >= 4 is 11.0 Å². The van der Waals surface area contributed by atoms with Crippen LogP contribution in [-0.2, 0) is 0 Å². The second-order valence-electron chi connectivity index (χ2n) is 2.65. The van der Waals surface area contributed by atoms with E-state index in [0.717, 1.165) is 16.9 Å². The van der Waals surface area contributed by atoms with E-state index >= 15 is 0 Å². The highest BCUT2D eigenvalue weighted by molar-refractivity contribution is 5.77. The van der Waals surface area contributed by atoms with Crippen molar-refractivity contribution in [1.82, 2.24) is 15.0 Å². The van der Waals surface area contributed by atoms with E-state index in [2.05, 4.69) is 15.0 Å². The van der Waals surface area contributed by atoms with Gasteiger partial charge in [0, 0.05) is 7.62 Å². The molecule has 0 aliphatic heterocycles. The maximum atomic E-state index is 4.29. The normalized spacial score (nSPS) is 8.67. The maximum Gasteiger partial charge on any atom is 0.126 e. The van der Waals surface area contributed by atoms with Gasteiger partial charge in [0.1, 0.15) is 5.82 Å². The number of rotatable bonds is 0. The van der Waals surface area contributed by atoms with Crippen LogP contribution in [0.4, 0.5) is 0 Å². The van der Waals surface area contributed by atoms with Gasteiger partial charge in [-0.05, 0) is 19.4 Å². The number of nitrogens with zero attached hydrogens (tertiary/aromatic N) is 2. The summed E-state index contributed by atoms with van der Waals surface area (Å²) >= 11 is 0. The Balaban J connectivity index is 0. The van der Waals surface area contributed by atoms with E-state index in [1.807, 2.05) is 53.9 Å². The molecule has 0 bridgehead atoms. The first-order valence-electron chi connectivity index (χ1n) is 5.55. The van der Waals surface area contributed by atoms with E-state index in [-0.39, 0.29) is 1.43 Å². The van der Waals surface area contributed by atoms with Crippen molar-refractivity contribution in [3.8, 4) is 0 Å². The fraction of sp³-hybridized carbons (Fsp3) is 0.500. The second-order valence-corrected chi connectivity index (χ2v) is 2.65. The third-order valence-corrected chi connectivity index (χ3v) is 1.73. The predicted molar refractivity (Wildman–Crippen MR) is 68.2 cm³/mol. The van der Waals surface area contributed by atoms with Crippen LogP contribution in [0.5, 0.6) is 0 Å². The highest BCUT2D eigenvalue weighted by atomic mass is 14.9. The number of fused-ring (bicyclic) bond motifs is 1. The van der Waals surface area contributed by atoms with Crippen molar-refractivity contribution in [2.45, 2.75) is 41.5 Å². The van der Waals surface area contributed by atoms with Gasteiger partial charge < -0.3 is 4.98 Å². The largest absolute Gasteiger partial charge is 0.358 e. The topological polar surface area (TPSA) is 41.6 Å². The third-order valence-electron chi connectivity index (χ3n) is 1.73. The van der Waals surface area contributed by atoms with E-state index in [9.17, 15) is 0 Å². The van der Waals surface area contributed by atoms with Gasteiger partial charge >= 0.3 is 0 Å². The Bertz CT molecular complexity index is 396. The fourth-order valence-electron chi connectivity index (χ4n) is 1.13. The Morgan fingerprint density at radius 3 is 2.33 bits per heavy atom. The van der Waals surface area contributed by atoms with Gasteiger partial charge in [0.2, 0.25) is 0 Å². The van der Waals surface area contributed by atoms with Crippen LogP contribution in [0.3, 0.4) is 0 Å². The molecular formula is C12H23N3. The molecule has 0 amide bonds. The molecule has 2 heterocycles. The van der Waals surface area contributed by atoms with Crippen LogP contribution < -0.4 is 0 Å². The molecule has 0 spiro atoms. The summed E-state index contributed by atoms with van der Waals surface area (Å²) in [6, 6.07) is 0. The summed E-state index contributed by atoms with van der Waals surface area (Å²) in [6.45, 7) is 11.9. The minimum atomic E-state index is 0. The van der Waals surface area contributed by atoms with Gasteiger partial charge in [-0.2, -0.15) is 0 Å². The van der Waals surface area contributed by atoms with Gasteiger partial charge in [-0.3, -0.25) is 0 Å². The summed E-state index contributed by atoms with van der Waals surface area (Å²) in [4.78, 5) is 11.5. The smallest absolute Gasteiger partial charge is 0.126 e. The van der Waals surface area contributed by atoms with E-state index < -0.39 is 0 Å². The number of aromatic nitrogens is 3. The van der Waals surface area contributed by atoms with Gasteiger partial charge in [0.05, 0.1) is 17.2 Å². The Hall–Kier alpha value is -1.38. The molecule has 15 heavy (non-hydrogen) atoms. The molecule has 86 valence electrons. The quantitative estimate of drug-likeness (QED) is 0.715. The molecule has 2 aromatic rings. The summed E-state index contributed by atoms with van der Waals surface area (Å²) in [7, 11) is 0. The van der Waals surface area contributed by atoms with Crippen LogP contribution in [0.2, 0.25) is 0 Å². The highest BCUT2D eigenvalue weighted by Gasteiger charge is 1.99. The molecule has 3 nitrogen and oxygen atoms in total. The van der Waals surface area contributed by atoms with Gasteiger partial charge in [-0.1, -0.05) is 27.7 Å². The van der Waals surface area contributed by atoms with Gasteiger partial charge in [-0.15, -0.1) is 0 Å². The van der Waals surface area contributed by atoms with E-state index in [1.165, 1.54) is 5.56 Å². The SMILES string of the molecule is CC.CC.Cc1ncc2[nH]cc(C)c2n1.[HH]. The van der Waals surface area contributed by atoms with Crippen LogP contribution in [0.1, 0.15) is 40.5 Å². The molecule has 3 heteroatoms. The van der Waals surface area contributed by atoms with Crippen LogP contribution in [-0.4, -0.2) is 15.0 Å². The number of nitrogens with one attached hydrogen (secondary N) is 1. The lowest BCUT2D eigenvalue weighted by Gasteiger charge is -1.91. The lowest BCUT2D eigenvalue weighted by molar-refractivity contribution is 1.09. The molecule has 0 saturated heterocycles. The maximum absolute atomic E-state index is 4.29. The molecular weight excluding hydrogens is 186 g/mol. The zero-order chi connectivity index (χ0) is 11.8. The number of aromatic amines is 1. The standard InChI is InChI=1S/C8H9N3.2C2H6.H2/c1-5-3-10-7-4-9-6(2)11-8(5)7;2*1-2;/h3-4,10H,1-2H3;2*1-2H3;1H. The summed E-state index contributed by atoms with van der Waals surface area (Å²) in [6.07, 6.45) is 3.75. The van der Waals surface area contributed by atoms with E-state index in [1.54, 1.807) is 0 Å². The Morgan fingerprint density at radius 1 is 1.13 bits per heavy atom. The van der Waals surface area contributed by atoms with Crippen molar-refractivity contribution < 1.29 is 1.43 Å². The average molecular weight is 209 g/mol. The van der Waals surface area contributed by atoms with Crippen LogP contribution >= 0.6 is 0 Å². The first kappa shape index (κ1) is 13.6. The van der Waals surface area contributed by atoms with Crippen molar-refractivity contribution in [2.24, 2.45) is 0 Å². The third kappa shape index (κ3) is 3.35.